The molecule has 0 spiro atoms. The zero-order valence-corrected chi connectivity index (χ0v) is 15.1. The van der Waals surface area contributed by atoms with Crippen LogP contribution in [0.5, 0.6) is 0 Å². The average molecular weight is 316 g/mol. The van der Waals surface area contributed by atoms with E-state index in [1.807, 2.05) is 0 Å². The third-order valence-electron chi connectivity index (χ3n) is 5.08. The second-order valence-corrected chi connectivity index (χ2v) is 7.47. The van der Waals surface area contributed by atoms with Gasteiger partial charge in [0.05, 0.1) is 0 Å². The minimum Gasteiger partial charge on any atom is -0.0628 e. The summed E-state index contributed by atoms with van der Waals surface area (Å²) in [4.78, 5) is 0. The summed E-state index contributed by atoms with van der Waals surface area (Å²) < 4.78 is 0. The Labute approximate surface area is 146 Å². The zero-order chi connectivity index (χ0) is 16.9. The van der Waals surface area contributed by atoms with Crippen LogP contribution in [-0.4, -0.2) is 0 Å². The SMILES string of the molecule is CC(C)CC(C)C(Cc1cccc2ccccc12)c1ccccc1. The van der Waals surface area contributed by atoms with Gasteiger partial charge in [-0.05, 0) is 52.5 Å². The Bertz CT molecular complexity index is 765. The van der Waals surface area contributed by atoms with Crippen molar-refractivity contribution in [2.45, 2.75) is 39.5 Å². The molecule has 0 aromatic heterocycles. The van der Waals surface area contributed by atoms with E-state index in [0.29, 0.717) is 11.8 Å². The summed E-state index contributed by atoms with van der Waals surface area (Å²) in [6.07, 6.45) is 2.38. The summed E-state index contributed by atoms with van der Waals surface area (Å²) in [6.45, 7) is 7.08. The van der Waals surface area contributed by atoms with E-state index in [0.717, 1.165) is 12.3 Å². The molecule has 2 atom stereocenters. The molecule has 0 fully saturated rings. The monoisotopic (exact) mass is 316 g/mol. The number of hydrogen-bond donors (Lipinski definition) is 0. The van der Waals surface area contributed by atoms with E-state index >= 15 is 0 Å². The fourth-order valence-electron chi connectivity index (χ4n) is 3.96. The molecule has 0 heteroatoms. The third-order valence-corrected chi connectivity index (χ3v) is 5.08. The second kappa shape index (κ2) is 7.66. The summed E-state index contributed by atoms with van der Waals surface area (Å²) in [6, 6.07) is 26.5. The Kier molecular flexibility index (Phi) is 5.35. The maximum Gasteiger partial charge on any atom is -0.00955 e. The van der Waals surface area contributed by atoms with Crippen molar-refractivity contribution in [3.8, 4) is 0 Å². The Hall–Kier alpha value is -2.08. The van der Waals surface area contributed by atoms with Crippen molar-refractivity contribution in [3.63, 3.8) is 0 Å². The molecule has 124 valence electrons. The van der Waals surface area contributed by atoms with Gasteiger partial charge in [0.25, 0.3) is 0 Å². The van der Waals surface area contributed by atoms with Gasteiger partial charge in [-0.25, -0.2) is 0 Å². The lowest BCUT2D eigenvalue weighted by molar-refractivity contribution is 0.371. The maximum atomic E-state index is 2.42. The molecule has 0 saturated carbocycles. The first kappa shape index (κ1) is 16.8. The first-order valence-electron chi connectivity index (χ1n) is 9.16. The molecule has 0 N–H and O–H groups in total. The van der Waals surface area contributed by atoms with Crippen LogP contribution in [0.1, 0.15) is 44.2 Å². The number of fused-ring (bicyclic) bond motifs is 1. The average Bonchev–Trinajstić information content (AvgIpc) is 2.60. The van der Waals surface area contributed by atoms with Crippen molar-refractivity contribution >= 4 is 10.8 Å². The van der Waals surface area contributed by atoms with Crippen LogP contribution in [0.3, 0.4) is 0 Å². The van der Waals surface area contributed by atoms with Gasteiger partial charge in [0, 0.05) is 0 Å². The molecule has 3 aromatic carbocycles. The van der Waals surface area contributed by atoms with Crippen LogP contribution in [-0.2, 0) is 6.42 Å². The van der Waals surface area contributed by atoms with E-state index in [4.69, 9.17) is 0 Å². The molecule has 0 bridgehead atoms. The number of benzene rings is 3. The topological polar surface area (TPSA) is 0 Å². The second-order valence-electron chi connectivity index (χ2n) is 7.47. The summed E-state index contributed by atoms with van der Waals surface area (Å²) >= 11 is 0. The van der Waals surface area contributed by atoms with Crippen LogP contribution < -0.4 is 0 Å². The number of rotatable bonds is 6. The van der Waals surface area contributed by atoms with Crippen LogP contribution in [0.4, 0.5) is 0 Å². The third kappa shape index (κ3) is 3.87. The van der Waals surface area contributed by atoms with Crippen LogP contribution >= 0.6 is 0 Å². The van der Waals surface area contributed by atoms with Gasteiger partial charge in [-0.3, -0.25) is 0 Å². The Balaban J connectivity index is 1.96. The van der Waals surface area contributed by atoms with Gasteiger partial charge < -0.3 is 0 Å². The smallest absolute Gasteiger partial charge is 0.00955 e. The van der Waals surface area contributed by atoms with Crippen LogP contribution in [0.2, 0.25) is 0 Å². The Morgan fingerprint density at radius 3 is 2.12 bits per heavy atom. The maximum absolute atomic E-state index is 2.42. The summed E-state index contributed by atoms with van der Waals surface area (Å²) in [5.74, 6) is 1.98. The lowest BCUT2D eigenvalue weighted by Crippen LogP contribution is -2.15. The molecule has 24 heavy (non-hydrogen) atoms. The highest BCUT2D eigenvalue weighted by Gasteiger charge is 2.21. The van der Waals surface area contributed by atoms with Gasteiger partial charge in [-0.15, -0.1) is 0 Å². The molecule has 0 saturated heterocycles. The molecule has 0 aliphatic heterocycles. The first-order valence-corrected chi connectivity index (χ1v) is 9.16. The molecular formula is C24H28. The lowest BCUT2D eigenvalue weighted by atomic mass is 9.78. The molecule has 0 heterocycles. The van der Waals surface area contributed by atoms with Crippen molar-refractivity contribution in [3.05, 3.63) is 83.9 Å². The highest BCUT2D eigenvalue weighted by atomic mass is 14.3. The predicted octanol–water partition coefficient (Wildman–Crippen LogP) is 6.85. The van der Waals surface area contributed by atoms with Gasteiger partial charge in [0.2, 0.25) is 0 Å². The molecule has 0 nitrogen and oxygen atoms in total. The van der Waals surface area contributed by atoms with Gasteiger partial charge >= 0.3 is 0 Å². The van der Waals surface area contributed by atoms with Crippen molar-refractivity contribution in [2.75, 3.05) is 0 Å². The number of hydrogen-bond acceptors (Lipinski definition) is 0. The predicted molar refractivity (Wildman–Crippen MR) is 105 cm³/mol. The molecule has 3 rings (SSSR count). The van der Waals surface area contributed by atoms with Gasteiger partial charge in [-0.2, -0.15) is 0 Å². The van der Waals surface area contributed by atoms with Crippen molar-refractivity contribution in [1.82, 2.24) is 0 Å². The molecule has 0 aliphatic rings. The van der Waals surface area contributed by atoms with Gasteiger partial charge in [0.15, 0.2) is 0 Å². The first-order chi connectivity index (χ1) is 11.6. The van der Waals surface area contributed by atoms with Gasteiger partial charge in [-0.1, -0.05) is 93.6 Å². The van der Waals surface area contributed by atoms with E-state index in [2.05, 4.69) is 93.6 Å². The summed E-state index contributed by atoms with van der Waals surface area (Å²) in [7, 11) is 0. The van der Waals surface area contributed by atoms with Crippen LogP contribution in [0.25, 0.3) is 10.8 Å². The highest BCUT2D eigenvalue weighted by Crippen LogP contribution is 2.34. The quantitative estimate of drug-likeness (QED) is 0.466. The van der Waals surface area contributed by atoms with Crippen molar-refractivity contribution < 1.29 is 0 Å². The minimum atomic E-state index is 0.569. The molecule has 0 radical (unpaired) electrons. The Morgan fingerprint density at radius 2 is 1.38 bits per heavy atom. The Morgan fingerprint density at radius 1 is 0.708 bits per heavy atom. The van der Waals surface area contributed by atoms with Crippen molar-refractivity contribution in [1.29, 1.82) is 0 Å². The van der Waals surface area contributed by atoms with E-state index < -0.39 is 0 Å². The van der Waals surface area contributed by atoms with Crippen molar-refractivity contribution in [2.24, 2.45) is 11.8 Å². The lowest BCUT2D eigenvalue weighted by Gasteiger charge is -2.26. The largest absolute Gasteiger partial charge is 0.0628 e. The fourth-order valence-corrected chi connectivity index (χ4v) is 3.96. The standard InChI is InChI=1S/C24H28/c1-18(2)16-19(3)24(21-10-5-4-6-11-21)17-22-14-9-13-20-12-7-8-15-23(20)22/h4-15,18-19,24H,16-17H2,1-3H3. The minimum absolute atomic E-state index is 0.569. The normalized spacial score (nSPS) is 14.0. The van der Waals surface area contributed by atoms with E-state index in [-0.39, 0.29) is 0 Å². The zero-order valence-electron chi connectivity index (χ0n) is 15.1. The molecular weight excluding hydrogens is 288 g/mol. The van der Waals surface area contributed by atoms with E-state index in [1.165, 1.54) is 28.3 Å². The van der Waals surface area contributed by atoms with Crippen LogP contribution in [0.15, 0.2) is 72.8 Å². The molecule has 2 unspecified atom stereocenters. The van der Waals surface area contributed by atoms with E-state index in [1.54, 1.807) is 0 Å². The summed E-state index contributed by atoms with van der Waals surface area (Å²) in [5, 5.41) is 2.75. The fraction of sp³-hybridized carbons (Fsp3) is 0.333. The molecule has 0 amide bonds. The van der Waals surface area contributed by atoms with E-state index in [9.17, 15) is 0 Å². The molecule has 3 aromatic rings. The van der Waals surface area contributed by atoms with Crippen LogP contribution in [0, 0.1) is 11.8 Å². The van der Waals surface area contributed by atoms with Gasteiger partial charge in [0.1, 0.15) is 0 Å². The summed E-state index contributed by atoms with van der Waals surface area (Å²) in [5.41, 5.74) is 2.94. The molecule has 0 aliphatic carbocycles. The highest BCUT2D eigenvalue weighted by molar-refractivity contribution is 5.85.